The van der Waals surface area contributed by atoms with Crippen LogP contribution >= 0.6 is 11.6 Å². The van der Waals surface area contributed by atoms with Gasteiger partial charge in [-0.1, -0.05) is 42.3 Å². The molecule has 0 bridgehead atoms. The van der Waals surface area contributed by atoms with Crippen molar-refractivity contribution < 1.29 is 0 Å². The Bertz CT molecular complexity index is 335. The third-order valence-corrected chi connectivity index (χ3v) is 3.25. The van der Waals surface area contributed by atoms with E-state index in [1.54, 1.807) is 0 Å². The SMILES string of the molecule is C=CCCCCCN[C@@H](C)c1ccccc1Cl. The molecule has 0 unspecified atom stereocenters. The molecule has 1 N–H and O–H groups in total. The number of rotatable bonds is 8. The molecule has 2 heteroatoms. The summed E-state index contributed by atoms with van der Waals surface area (Å²) in [7, 11) is 0. The van der Waals surface area contributed by atoms with Crippen LogP contribution in [0.5, 0.6) is 0 Å². The Labute approximate surface area is 110 Å². The van der Waals surface area contributed by atoms with Gasteiger partial charge < -0.3 is 5.32 Å². The zero-order chi connectivity index (χ0) is 12.5. The van der Waals surface area contributed by atoms with Gasteiger partial charge in [0.05, 0.1) is 0 Å². The molecular formula is C15H22ClN. The van der Waals surface area contributed by atoms with E-state index in [9.17, 15) is 0 Å². The molecule has 0 aliphatic heterocycles. The van der Waals surface area contributed by atoms with Crippen LogP contribution in [-0.4, -0.2) is 6.54 Å². The highest BCUT2D eigenvalue weighted by atomic mass is 35.5. The van der Waals surface area contributed by atoms with Crippen molar-refractivity contribution in [2.45, 2.75) is 38.6 Å². The molecule has 0 saturated heterocycles. The van der Waals surface area contributed by atoms with Crippen LogP contribution in [-0.2, 0) is 0 Å². The largest absolute Gasteiger partial charge is 0.310 e. The maximum Gasteiger partial charge on any atom is 0.0453 e. The highest BCUT2D eigenvalue weighted by Crippen LogP contribution is 2.21. The fourth-order valence-corrected chi connectivity index (χ4v) is 2.14. The molecule has 1 nitrogen and oxygen atoms in total. The van der Waals surface area contributed by atoms with Gasteiger partial charge in [-0.05, 0) is 44.4 Å². The van der Waals surface area contributed by atoms with Crippen molar-refractivity contribution in [3.8, 4) is 0 Å². The molecule has 0 aromatic heterocycles. The quantitative estimate of drug-likeness (QED) is 0.520. The van der Waals surface area contributed by atoms with Gasteiger partial charge in [-0.3, -0.25) is 0 Å². The minimum atomic E-state index is 0.322. The minimum absolute atomic E-state index is 0.322. The van der Waals surface area contributed by atoms with Crippen molar-refractivity contribution in [2.24, 2.45) is 0 Å². The molecule has 0 amide bonds. The van der Waals surface area contributed by atoms with E-state index in [1.165, 1.54) is 24.8 Å². The minimum Gasteiger partial charge on any atom is -0.310 e. The number of benzene rings is 1. The first-order valence-electron chi connectivity index (χ1n) is 6.34. The van der Waals surface area contributed by atoms with Gasteiger partial charge in [-0.15, -0.1) is 6.58 Å². The van der Waals surface area contributed by atoms with Crippen molar-refractivity contribution in [1.82, 2.24) is 5.32 Å². The lowest BCUT2D eigenvalue weighted by atomic mass is 10.1. The van der Waals surface area contributed by atoms with Gasteiger partial charge in [0.1, 0.15) is 0 Å². The van der Waals surface area contributed by atoms with Gasteiger partial charge in [-0.2, -0.15) is 0 Å². The third-order valence-electron chi connectivity index (χ3n) is 2.91. The van der Waals surface area contributed by atoms with Gasteiger partial charge >= 0.3 is 0 Å². The number of nitrogens with one attached hydrogen (secondary N) is 1. The van der Waals surface area contributed by atoms with E-state index in [0.29, 0.717) is 6.04 Å². The third kappa shape index (κ3) is 5.38. The molecule has 94 valence electrons. The van der Waals surface area contributed by atoms with E-state index in [0.717, 1.165) is 18.0 Å². The van der Waals surface area contributed by atoms with Crippen LogP contribution < -0.4 is 5.32 Å². The smallest absolute Gasteiger partial charge is 0.0453 e. The monoisotopic (exact) mass is 251 g/mol. The molecular weight excluding hydrogens is 230 g/mol. The molecule has 0 heterocycles. The molecule has 1 aromatic rings. The Hall–Kier alpha value is -0.790. The Morgan fingerprint density at radius 2 is 2.06 bits per heavy atom. The zero-order valence-corrected chi connectivity index (χ0v) is 11.3. The summed E-state index contributed by atoms with van der Waals surface area (Å²) in [5.74, 6) is 0. The van der Waals surface area contributed by atoms with Crippen LogP contribution in [0.3, 0.4) is 0 Å². The van der Waals surface area contributed by atoms with Crippen molar-refractivity contribution in [3.05, 3.63) is 47.5 Å². The molecule has 0 spiro atoms. The number of hydrogen-bond acceptors (Lipinski definition) is 1. The summed E-state index contributed by atoms with van der Waals surface area (Å²) in [6.07, 6.45) is 6.82. The lowest BCUT2D eigenvalue weighted by Gasteiger charge is -2.15. The van der Waals surface area contributed by atoms with Gasteiger partial charge in [0.25, 0.3) is 0 Å². The topological polar surface area (TPSA) is 12.0 Å². The van der Waals surface area contributed by atoms with Gasteiger partial charge in [0, 0.05) is 11.1 Å². The van der Waals surface area contributed by atoms with Crippen LogP contribution in [0.1, 0.15) is 44.2 Å². The molecule has 1 atom stereocenters. The Morgan fingerprint density at radius 1 is 1.29 bits per heavy atom. The second-order valence-electron chi connectivity index (χ2n) is 4.34. The lowest BCUT2D eigenvalue weighted by molar-refractivity contribution is 0.540. The van der Waals surface area contributed by atoms with E-state index < -0.39 is 0 Å². The van der Waals surface area contributed by atoms with Crippen LogP contribution in [0, 0.1) is 0 Å². The van der Waals surface area contributed by atoms with Crippen molar-refractivity contribution in [2.75, 3.05) is 6.54 Å². The highest BCUT2D eigenvalue weighted by molar-refractivity contribution is 6.31. The predicted molar refractivity (Wildman–Crippen MR) is 76.5 cm³/mol. The summed E-state index contributed by atoms with van der Waals surface area (Å²) in [5, 5.41) is 4.35. The summed E-state index contributed by atoms with van der Waals surface area (Å²) < 4.78 is 0. The summed E-state index contributed by atoms with van der Waals surface area (Å²) in [6, 6.07) is 8.34. The zero-order valence-electron chi connectivity index (χ0n) is 10.6. The van der Waals surface area contributed by atoms with E-state index in [2.05, 4.69) is 24.9 Å². The standard InChI is InChI=1S/C15H22ClN/c1-3-4-5-6-9-12-17-13(2)14-10-7-8-11-15(14)16/h3,7-8,10-11,13,17H,1,4-6,9,12H2,2H3/t13-/m0/s1. The highest BCUT2D eigenvalue weighted by Gasteiger charge is 2.07. The molecule has 0 fully saturated rings. The first kappa shape index (κ1) is 14.3. The van der Waals surface area contributed by atoms with Crippen LogP contribution in [0.2, 0.25) is 5.02 Å². The maximum atomic E-state index is 6.15. The lowest BCUT2D eigenvalue weighted by Crippen LogP contribution is -2.20. The molecule has 0 aliphatic rings. The molecule has 0 saturated carbocycles. The van der Waals surface area contributed by atoms with E-state index >= 15 is 0 Å². The summed E-state index contributed by atoms with van der Waals surface area (Å²) in [6.45, 7) is 6.93. The van der Waals surface area contributed by atoms with Crippen LogP contribution in [0.25, 0.3) is 0 Å². The van der Waals surface area contributed by atoms with Gasteiger partial charge in [0.15, 0.2) is 0 Å². The fourth-order valence-electron chi connectivity index (χ4n) is 1.85. The van der Waals surface area contributed by atoms with Gasteiger partial charge in [0.2, 0.25) is 0 Å². The normalized spacial score (nSPS) is 12.4. The first-order chi connectivity index (χ1) is 8.25. The van der Waals surface area contributed by atoms with Crippen LogP contribution in [0.4, 0.5) is 0 Å². The molecule has 1 aromatic carbocycles. The summed E-state index contributed by atoms with van der Waals surface area (Å²) in [5.41, 5.74) is 1.18. The van der Waals surface area contributed by atoms with E-state index in [-0.39, 0.29) is 0 Å². The molecule has 17 heavy (non-hydrogen) atoms. The number of hydrogen-bond donors (Lipinski definition) is 1. The van der Waals surface area contributed by atoms with Gasteiger partial charge in [-0.25, -0.2) is 0 Å². The average Bonchev–Trinajstić information content (AvgIpc) is 2.34. The van der Waals surface area contributed by atoms with Crippen molar-refractivity contribution in [3.63, 3.8) is 0 Å². The predicted octanol–water partition coefficient (Wildman–Crippen LogP) is 4.74. The van der Waals surface area contributed by atoms with Crippen molar-refractivity contribution >= 4 is 11.6 Å². The number of halogens is 1. The summed E-state index contributed by atoms with van der Waals surface area (Å²) in [4.78, 5) is 0. The Kier molecular flexibility index (Phi) is 6.99. The summed E-state index contributed by atoms with van der Waals surface area (Å²) >= 11 is 6.15. The molecule has 1 rings (SSSR count). The average molecular weight is 252 g/mol. The number of unbranched alkanes of at least 4 members (excludes halogenated alkanes) is 3. The second kappa shape index (κ2) is 8.32. The van der Waals surface area contributed by atoms with Crippen LogP contribution in [0.15, 0.2) is 36.9 Å². The second-order valence-corrected chi connectivity index (χ2v) is 4.74. The van der Waals surface area contributed by atoms with E-state index in [1.807, 2.05) is 24.3 Å². The Balaban J connectivity index is 2.23. The molecule has 0 aliphatic carbocycles. The first-order valence-corrected chi connectivity index (χ1v) is 6.72. The molecule has 0 radical (unpaired) electrons. The fraction of sp³-hybridized carbons (Fsp3) is 0.467. The maximum absolute atomic E-state index is 6.15. The van der Waals surface area contributed by atoms with Crippen molar-refractivity contribution in [1.29, 1.82) is 0 Å². The number of allylic oxidation sites excluding steroid dienone is 1. The Morgan fingerprint density at radius 3 is 2.76 bits per heavy atom. The van der Waals surface area contributed by atoms with E-state index in [4.69, 9.17) is 11.6 Å².